The van der Waals surface area contributed by atoms with E-state index in [1.54, 1.807) is 6.92 Å². The molecule has 0 saturated carbocycles. The normalized spacial score (nSPS) is 13.1. The summed E-state index contributed by atoms with van der Waals surface area (Å²) in [7, 11) is -4.37. The van der Waals surface area contributed by atoms with Crippen LogP contribution in [0.3, 0.4) is 0 Å². The maximum absolute atomic E-state index is 13.5. The molecule has 0 heterocycles. The van der Waals surface area contributed by atoms with Crippen LogP contribution < -0.4 is 4.72 Å². The van der Waals surface area contributed by atoms with Crippen molar-refractivity contribution in [1.82, 2.24) is 4.72 Å². The lowest BCUT2D eigenvalue weighted by molar-refractivity contribution is -0.387. The van der Waals surface area contributed by atoms with Crippen LogP contribution in [-0.4, -0.2) is 31.1 Å². The van der Waals surface area contributed by atoms with Crippen molar-refractivity contribution in [2.75, 3.05) is 6.54 Å². The first-order valence-electron chi connectivity index (χ1n) is 6.00. The molecule has 1 atom stereocenters. The number of aliphatic hydroxyl groups is 1. The topological polar surface area (TPSA) is 110 Å². The number of rotatable bonds is 7. The summed E-state index contributed by atoms with van der Waals surface area (Å²) >= 11 is 0. The van der Waals surface area contributed by atoms with Gasteiger partial charge in [-0.1, -0.05) is 6.92 Å². The Morgan fingerprint density at radius 1 is 1.38 bits per heavy atom. The molecule has 0 amide bonds. The smallest absolute Gasteiger partial charge is 0.306 e. The van der Waals surface area contributed by atoms with Gasteiger partial charge in [0.1, 0.15) is 10.7 Å². The van der Waals surface area contributed by atoms with Crippen LogP contribution in [0.2, 0.25) is 0 Å². The summed E-state index contributed by atoms with van der Waals surface area (Å²) in [5.74, 6) is -2.89. The van der Waals surface area contributed by atoms with E-state index in [4.69, 9.17) is 0 Å². The van der Waals surface area contributed by atoms with E-state index in [1.807, 2.05) is 4.72 Å². The molecule has 0 fully saturated rings. The van der Waals surface area contributed by atoms with Crippen LogP contribution in [0.4, 0.5) is 14.5 Å². The van der Waals surface area contributed by atoms with Gasteiger partial charge < -0.3 is 5.11 Å². The van der Waals surface area contributed by atoms with Crippen molar-refractivity contribution in [1.29, 1.82) is 0 Å². The molecule has 0 radical (unpaired) electrons. The zero-order chi connectivity index (χ0) is 16.2. The fourth-order valence-corrected chi connectivity index (χ4v) is 2.63. The quantitative estimate of drug-likeness (QED) is 0.580. The number of nitrogens with zero attached hydrogens (tertiary/aromatic N) is 1. The molecule has 10 heteroatoms. The summed E-state index contributed by atoms with van der Waals surface area (Å²) in [6.07, 6.45) is -0.209. The monoisotopic (exact) mass is 324 g/mol. The fourth-order valence-electron chi connectivity index (χ4n) is 1.51. The Morgan fingerprint density at radius 2 is 2.00 bits per heavy atom. The molecule has 1 rings (SSSR count). The van der Waals surface area contributed by atoms with E-state index in [1.165, 1.54) is 0 Å². The van der Waals surface area contributed by atoms with Crippen LogP contribution in [0.15, 0.2) is 17.0 Å². The maximum atomic E-state index is 13.5. The largest absolute Gasteiger partial charge is 0.393 e. The average Bonchev–Trinajstić information content (AvgIpc) is 2.37. The van der Waals surface area contributed by atoms with Crippen LogP contribution in [0, 0.1) is 21.7 Å². The molecule has 1 unspecified atom stereocenters. The molecule has 0 bridgehead atoms. The summed E-state index contributed by atoms with van der Waals surface area (Å²) in [5, 5.41) is 19.8. The molecule has 2 N–H and O–H groups in total. The minimum absolute atomic E-state index is 0.0979. The zero-order valence-corrected chi connectivity index (χ0v) is 11.9. The molecule has 1 aromatic rings. The van der Waals surface area contributed by atoms with Gasteiger partial charge in [-0.2, -0.15) is 4.39 Å². The van der Waals surface area contributed by atoms with Crippen LogP contribution in [0.5, 0.6) is 0 Å². The summed E-state index contributed by atoms with van der Waals surface area (Å²) in [4.78, 5) is 8.39. The van der Waals surface area contributed by atoms with E-state index in [0.29, 0.717) is 12.5 Å². The van der Waals surface area contributed by atoms with E-state index >= 15 is 0 Å². The second-order valence-corrected chi connectivity index (χ2v) is 5.98. The van der Waals surface area contributed by atoms with Gasteiger partial charge in [0.2, 0.25) is 15.8 Å². The summed E-state index contributed by atoms with van der Waals surface area (Å²) < 4.78 is 52.3. The Bertz CT molecular complexity index is 636. The van der Waals surface area contributed by atoms with Crippen LogP contribution in [0.25, 0.3) is 0 Å². The van der Waals surface area contributed by atoms with Crippen LogP contribution in [0.1, 0.15) is 19.8 Å². The zero-order valence-electron chi connectivity index (χ0n) is 11.0. The van der Waals surface area contributed by atoms with Gasteiger partial charge in [-0.05, 0) is 12.8 Å². The number of benzene rings is 1. The predicted molar refractivity (Wildman–Crippen MR) is 69.1 cm³/mol. The number of sulfonamides is 1. The Morgan fingerprint density at radius 3 is 2.52 bits per heavy atom. The standard InChI is InChI=1S/C11H14F2N2O5S/c1-2-7(16)3-4-14-21(19,20)11-6-10(15(17)18)8(12)5-9(11)13/h5-7,14,16H,2-4H2,1H3. The molecule has 0 aromatic heterocycles. The maximum Gasteiger partial charge on any atom is 0.306 e. The van der Waals surface area contributed by atoms with Gasteiger partial charge >= 0.3 is 5.69 Å². The molecule has 7 nitrogen and oxygen atoms in total. The molecular formula is C11H14F2N2O5S. The highest BCUT2D eigenvalue weighted by atomic mass is 32.2. The van der Waals surface area contributed by atoms with Crippen molar-refractivity contribution in [3.05, 3.63) is 33.9 Å². The SMILES string of the molecule is CCC(O)CCNS(=O)(=O)c1cc([N+](=O)[O-])c(F)cc1F. The first-order valence-corrected chi connectivity index (χ1v) is 7.48. The Labute approximate surface area is 119 Å². The van der Waals surface area contributed by atoms with Gasteiger partial charge in [0.15, 0.2) is 0 Å². The van der Waals surface area contributed by atoms with E-state index in [0.717, 1.165) is 0 Å². The number of nitro benzene ring substituents is 1. The molecule has 0 aliphatic rings. The molecule has 118 valence electrons. The third-order valence-electron chi connectivity index (χ3n) is 2.73. The van der Waals surface area contributed by atoms with E-state index in [9.17, 15) is 32.4 Å². The summed E-state index contributed by atoms with van der Waals surface area (Å²) in [5.41, 5.74) is -1.13. The lowest BCUT2D eigenvalue weighted by Gasteiger charge is -2.10. The average molecular weight is 324 g/mol. The van der Waals surface area contributed by atoms with Crippen molar-refractivity contribution in [3.63, 3.8) is 0 Å². The van der Waals surface area contributed by atoms with Crippen LogP contribution >= 0.6 is 0 Å². The van der Waals surface area contributed by atoms with Gasteiger partial charge in [0, 0.05) is 18.7 Å². The predicted octanol–water partition coefficient (Wildman–Crippen LogP) is 1.31. The number of nitrogens with one attached hydrogen (secondary N) is 1. The van der Waals surface area contributed by atoms with E-state index in [-0.39, 0.29) is 19.0 Å². The van der Waals surface area contributed by atoms with Crippen molar-refractivity contribution in [3.8, 4) is 0 Å². The van der Waals surface area contributed by atoms with Crippen molar-refractivity contribution < 1.29 is 27.2 Å². The molecular weight excluding hydrogens is 310 g/mol. The van der Waals surface area contributed by atoms with Gasteiger partial charge in [-0.25, -0.2) is 17.5 Å². The highest BCUT2D eigenvalue weighted by molar-refractivity contribution is 7.89. The number of nitro groups is 1. The molecule has 21 heavy (non-hydrogen) atoms. The van der Waals surface area contributed by atoms with Crippen molar-refractivity contribution >= 4 is 15.7 Å². The molecule has 0 aliphatic carbocycles. The minimum Gasteiger partial charge on any atom is -0.393 e. The number of hydrogen-bond acceptors (Lipinski definition) is 5. The molecule has 0 saturated heterocycles. The second kappa shape index (κ2) is 6.87. The number of hydrogen-bond donors (Lipinski definition) is 2. The third-order valence-corrected chi connectivity index (χ3v) is 4.20. The van der Waals surface area contributed by atoms with Gasteiger partial charge in [-0.15, -0.1) is 0 Å². The molecule has 1 aromatic carbocycles. The Balaban J connectivity index is 3.03. The Kier molecular flexibility index (Phi) is 5.70. The van der Waals surface area contributed by atoms with Crippen molar-refractivity contribution in [2.45, 2.75) is 30.8 Å². The van der Waals surface area contributed by atoms with Crippen molar-refractivity contribution in [2.24, 2.45) is 0 Å². The molecule has 0 spiro atoms. The Hall–Kier alpha value is -1.65. The second-order valence-electron chi connectivity index (χ2n) is 4.24. The minimum atomic E-state index is -4.37. The van der Waals surface area contributed by atoms with Gasteiger partial charge in [-0.3, -0.25) is 10.1 Å². The lowest BCUT2D eigenvalue weighted by Crippen LogP contribution is -2.28. The third kappa shape index (κ3) is 4.41. The fraction of sp³-hybridized carbons (Fsp3) is 0.455. The highest BCUT2D eigenvalue weighted by Crippen LogP contribution is 2.24. The first kappa shape index (κ1) is 17.4. The molecule has 0 aliphatic heterocycles. The summed E-state index contributed by atoms with van der Waals surface area (Å²) in [6, 6.07) is 0.469. The first-order chi connectivity index (χ1) is 9.69. The van der Waals surface area contributed by atoms with E-state index in [2.05, 4.69) is 0 Å². The summed E-state index contributed by atoms with van der Waals surface area (Å²) in [6.45, 7) is 1.52. The van der Waals surface area contributed by atoms with Crippen LogP contribution in [-0.2, 0) is 10.0 Å². The van der Waals surface area contributed by atoms with E-state index < -0.39 is 43.3 Å². The van der Waals surface area contributed by atoms with Gasteiger partial charge in [0.05, 0.1) is 11.0 Å². The van der Waals surface area contributed by atoms with Gasteiger partial charge in [0.25, 0.3) is 0 Å². The highest BCUT2D eigenvalue weighted by Gasteiger charge is 2.26. The lowest BCUT2D eigenvalue weighted by atomic mass is 10.2. The number of aliphatic hydroxyl groups excluding tert-OH is 1. The number of halogens is 2.